The number of rotatable bonds is 7. The fourth-order valence-corrected chi connectivity index (χ4v) is 5.60. The Morgan fingerprint density at radius 1 is 1.45 bits per heavy atom. The maximum absolute atomic E-state index is 12.4. The first-order chi connectivity index (χ1) is 9.48. The van der Waals surface area contributed by atoms with E-state index in [0.29, 0.717) is 10.4 Å². The Kier molecular flexibility index (Phi) is 3.44. The van der Waals surface area contributed by atoms with Crippen molar-refractivity contribution in [2.75, 3.05) is 17.6 Å². The van der Waals surface area contributed by atoms with Crippen molar-refractivity contribution in [3.8, 4) is 0 Å². The highest BCUT2D eigenvalue weighted by atomic mass is 32.2. The van der Waals surface area contributed by atoms with Crippen LogP contribution in [0.15, 0.2) is 4.90 Å². The van der Waals surface area contributed by atoms with Crippen molar-refractivity contribution in [2.45, 2.75) is 55.6 Å². The summed E-state index contributed by atoms with van der Waals surface area (Å²) in [5, 5.41) is 3.70. The van der Waals surface area contributed by atoms with E-state index in [0.717, 1.165) is 19.4 Å². The van der Waals surface area contributed by atoms with Crippen molar-refractivity contribution >= 4 is 32.2 Å². The average Bonchev–Trinajstić information content (AvgIpc) is 3.28. The van der Waals surface area contributed by atoms with E-state index < -0.39 is 9.84 Å². The SMILES string of the molecule is CCCC1(CNc2snc(N)c2S(=O)(=O)C2CC2)CC1. The minimum Gasteiger partial charge on any atom is -0.382 e. The Morgan fingerprint density at radius 2 is 2.15 bits per heavy atom. The smallest absolute Gasteiger partial charge is 0.187 e. The molecule has 2 fully saturated rings. The molecule has 0 saturated heterocycles. The predicted molar refractivity (Wildman–Crippen MR) is 81.8 cm³/mol. The van der Waals surface area contributed by atoms with Gasteiger partial charge in [-0.25, -0.2) is 8.42 Å². The molecule has 0 unspecified atom stereocenters. The molecule has 5 nitrogen and oxygen atoms in total. The molecule has 1 heterocycles. The molecule has 1 aromatic heterocycles. The molecule has 1 aromatic rings. The van der Waals surface area contributed by atoms with E-state index in [1.54, 1.807) is 0 Å². The summed E-state index contributed by atoms with van der Waals surface area (Å²) in [4.78, 5) is 0.247. The van der Waals surface area contributed by atoms with Crippen LogP contribution in [0.3, 0.4) is 0 Å². The lowest BCUT2D eigenvalue weighted by molar-refractivity contribution is 0.485. The summed E-state index contributed by atoms with van der Waals surface area (Å²) in [5.74, 6) is 0.157. The van der Waals surface area contributed by atoms with Crippen LogP contribution in [-0.2, 0) is 9.84 Å². The van der Waals surface area contributed by atoms with Crippen molar-refractivity contribution in [3.05, 3.63) is 0 Å². The van der Waals surface area contributed by atoms with E-state index in [2.05, 4.69) is 16.6 Å². The van der Waals surface area contributed by atoms with Gasteiger partial charge in [-0.05, 0) is 49.1 Å². The van der Waals surface area contributed by atoms with Crippen LogP contribution in [0.25, 0.3) is 0 Å². The van der Waals surface area contributed by atoms with Crippen molar-refractivity contribution in [3.63, 3.8) is 0 Å². The van der Waals surface area contributed by atoms with E-state index in [4.69, 9.17) is 5.73 Å². The molecule has 2 aliphatic carbocycles. The van der Waals surface area contributed by atoms with E-state index in [1.807, 2.05) is 0 Å². The molecular formula is C13H21N3O2S2. The van der Waals surface area contributed by atoms with Gasteiger partial charge in [0.1, 0.15) is 9.90 Å². The van der Waals surface area contributed by atoms with Crippen molar-refractivity contribution in [1.29, 1.82) is 0 Å². The van der Waals surface area contributed by atoms with Gasteiger partial charge in [-0.15, -0.1) is 0 Å². The average molecular weight is 315 g/mol. The second-order valence-electron chi connectivity index (χ2n) is 6.07. The fraction of sp³-hybridized carbons (Fsp3) is 0.769. The number of hydrogen-bond acceptors (Lipinski definition) is 6. The van der Waals surface area contributed by atoms with Gasteiger partial charge in [0, 0.05) is 6.54 Å². The summed E-state index contributed by atoms with van der Waals surface area (Å²) < 4.78 is 28.9. The number of anilines is 2. The molecule has 0 aliphatic heterocycles. The number of sulfone groups is 1. The van der Waals surface area contributed by atoms with Gasteiger partial charge >= 0.3 is 0 Å². The van der Waals surface area contributed by atoms with E-state index in [9.17, 15) is 8.42 Å². The molecule has 7 heteroatoms. The lowest BCUT2D eigenvalue weighted by atomic mass is 10.0. The summed E-state index contributed by atoms with van der Waals surface area (Å²) in [5.41, 5.74) is 6.16. The molecule has 0 amide bonds. The third kappa shape index (κ3) is 2.53. The van der Waals surface area contributed by atoms with Gasteiger partial charge < -0.3 is 11.1 Å². The standard InChI is InChI=1S/C13H21N3O2S2/c1-2-5-13(6-7-13)8-15-12-10(11(14)16-19-12)20(17,18)9-3-4-9/h9,15H,2-8H2,1H3,(H2,14,16). The second kappa shape index (κ2) is 4.87. The lowest BCUT2D eigenvalue weighted by Crippen LogP contribution is -2.17. The molecular weight excluding hydrogens is 294 g/mol. The van der Waals surface area contributed by atoms with Gasteiger partial charge in [0.2, 0.25) is 0 Å². The maximum atomic E-state index is 12.4. The first-order valence-electron chi connectivity index (χ1n) is 7.21. The first kappa shape index (κ1) is 14.1. The Balaban J connectivity index is 1.78. The third-order valence-corrected chi connectivity index (χ3v) is 7.56. The topological polar surface area (TPSA) is 85.1 Å². The van der Waals surface area contributed by atoms with E-state index in [1.165, 1.54) is 37.2 Å². The summed E-state index contributed by atoms with van der Waals surface area (Å²) in [6.45, 7) is 3.02. The van der Waals surface area contributed by atoms with Crippen LogP contribution >= 0.6 is 11.5 Å². The highest BCUT2D eigenvalue weighted by molar-refractivity contribution is 7.92. The molecule has 3 N–H and O–H groups in total. The second-order valence-corrected chi connectivity index (χ2v) is 9.01. The molecule has 2 aliphatic rings. The Morgan fingerprint density at radius 3 is 2.70 bits per heavy atom. The van der Waals surface area contributed by atoms with Crippen molar-refractivity contribution in [2.24, 2.45) is 5.41 Å². The van der Waals surface area contributed by atoms with Gasteiger partial charge in [0.25, 0.3) is 0 Å². The molecule has 112 valence electrons. The van der Waals surface area contributed by atoms with Crippen LogP contribution in [0, 0.1) is 5.41 Å². The minimum absolute atomic E-state index is 0.157. The van der Waals surface area contributed by atoms with Gasteiger partial charge in [-0.1, -0.05) is 13.3 Å². The number of nitrogens with two attached hydrogens (primary N) is 1. The lowest BCUT2D eigenvalue weighted by Gasteiger charge is -2.15. The van der Waals surface area contributed by atoms with E-state index >= 15 is 0 Å². The summed E-state index contributed by atoms with van der Waals surface area (Å²) in [7, 11) is -3.28. The Hall–Kier alpha value is -0.820. The normalized spacial score (nSPS) is 20.9. The molecule has 20 heavy (non-hydrogen) atoms. The maximum Gasteiger partial charge on any atom is 0.187 e. The zero-order chi connectivity index (χ0) is 14.4. The predicted octanol–water partition coefficient (Wildman–Crippen LogP) is 2.65. The zero-order valence-corrected chi connectivity index (χ0v) is 13.3. The molecule has 0 radical (unpaired) electrons. The monoisotopic (exact) mass is 315 g/mol. The minimum atomic E-state index is -3.28. The largest absolute Gasteiger partial charge is 0.382 e. The number of nitrogen functional groups attached to an aromatic ring is 1. The quantitative estimate of drug-likeness (QED) is 0.808. The van der Waals surface area contributed by atoms with Gasteiger partial charge in [-0.2, -0.15) is 4.37 Å². The number of aromatic nitrogens is 1. The summed E-state index contributed by atoms with van der Waals surface area (Å²) >= 11 is 1.17. The molecule has 0 spiro atoms. The number of nitrogens with one attached hydrogen (secondary N) is 1. The molecule has 0 aromatic carbocycles. The number of hydrogen-bond donors (Lipinski definition) is 2. The van der Waals surface area contributed by atoms with Crippen LogP contribution in [0.4, 0.5) is 10.8 Å². The molecule has 3 rings (SSSR count). The summed E-state index contributed by atoms with van der Waals surface area (Å²) in [6.07, 6.45) is 6.31. The molecule has 0 bridgehead atoms. The molecule has 2 saturated carbocycles. The van der Waals surface area contributed by atoms with Gasteiger partial charge in [0.15, 0.2) is 15.7 Å². The zero-order valence-electron chi connectivity index (χ0n) is 11.7. The van der Waals surface area contributed by atoms with Crippen LogP contribution < -0.4 is 11.1 Å². The van der Waals surface area contributed by atoms with Crippen LogP contribution in [0.5, 0.6) is 0 Å². The number of nitrogens with zero attached hydrogens (tertiary/aromatic N) is 1. The van der Waals surface area contributed by atoms with Crippen LogP contribution in [-0.4, -0.2) is 24.6 Å². The van der Waals surface area contributed by atoms with Crippen molar-refractivity contribution in [1.82, 2.24) is 4.37 Å². The van der Waals surface area contributed by atoms with E-state index in [-0.39, 0.29) is 16.0 Å². The molecule has 0 atom stereocenters. The highest BCUT2D eigenvalue weighted by Gasteiger charge is 2.43. The Bertz CT molecular complexity index is 601. The Labute approximate surface area is 124 Å². The van der Waals surface area contributed by atoms with Gasteiger partial charge in [-0.3, -0.25) is 0 Å². The van der Waals surface area contributed by atoms with Gasteiger partial charge in [0.05, 0.1) is 5.25 Å². The first-order valence-corrected chi connectivity index (χ1v) is 9.53. The van der Waals surface area contributed by atoms with Crippen LogP contribution in [0.1, 0.15) is 45.4 Å². The third-order valence-electron chi connectivity index (χ3n) is 4.28. The summed E-state index contributed by atoms with van der Waals surface area (Å²) in [6, 6.07) is 0. The van der Waals surface area contributed by atoms with Crippen molar-refractivity contribution < 1.29 is 8.42 Å². The fourth-order valence-electron chi connectivity index (χ4n) is 2.72. The highest BCUT2D eigenvalue weighted by Crippen LogP contribution is 2.50. The van der Waals surface area contributed by atoms with Crippen LogP contribution in [0.2, 0.25) is 0 Å².